The van der Waals surface area contributed by atoms with Crippen LogP contribution in [0, 0.1) is 5.82 Å². The molecule has 0 saturated carbocycles. The van der Waals surface area contributed by atoms with E-state index in [9.17, 15) is 14.3 Å². The highest BCUT2D eigenvalue weighted by molar-refractivity contribution is 7.09. The van der Waals surface area contributed by atoms with Crippen LogP contribution < -0.4 is 4.74 Å². The SMILES string of the molecule is CC(C)c1cc(OCc2cccs2)cc(-c2ccc(F)cc2)c1/C=C/[C@@H]1C[C@@H](O)CC(=O)O1. The van der Waals surface area contributed by atoms with E-state index in [2.05, 4.69) is 13.8 Å². The van der Waals surface area contributed by atoms with Crippen LogP contribution in [-0.4, -0.2) is 23.3 Å². The monoisotopic (exact) mass is 466 g/mol. The highest BCUT2D eigenvalue weighted by Crippen LogP contribution is 2.36. The summed E-state index contributed by atoms with van der Waals surface area (Å²) in [6.45, 7) is 4.69. The molecule has 1 saturated heterocycles. The van der Waals surface area contributed by atoms with Crippen LogP contribution in [0.2, 0.25) is 0 Å². The molecular formula is C27H27FO4S. The Morgan fingerprint density at radius 3 is 2.70 bits per heavy atom. The molecule has 1 aliphatic heterocycles. The number of carbonyl (C=O) groups is 1. The molecule has 2 heterocycles. The quantitative estimate of drug-likeness (QED) is 0.413. The number of thiophene rings is 1. The van der Waals surface area contributed by atoms with Crippen LogP contribution in [0.1, 0.15) is 48.6 Å². The van der Waals surface area contributed by atoms with Crippen molar-refractivity contribution in [3.05, 3.63) is 81.8 Å². The molecule has 1 N–H and O–H groups in total. The van der Waals surface area contributed by atoms with Crippen molar-refractivity contribution in [3.8, 4) is 16.9 Å². The normalized spacial score (nSPS) is 18.6. The standard InChI is InChI=1S/C27H27FO4S/c1-17(2)25-14-22(31-16-23-4-3-11-33-23)15-26(18-5-7-19(28)8-6-18)24(25)10-9-21-12-20(29)13-27(30)32-21/h3-11,14-15,17,20-21,29H,12-13,16H2,1-2H3/b10-9+/t20-,21-/m1/s1. The molecule has 0 spiro atoms. The lowest BCUT2D eigenvalue weighted by Gasteiger charge is -2.24. The molecule has 1 fully saturated rings. The van der Waals surface area contributed by atoms with Gasteiger partial charge in [0.2, 0.25) is 0 Å². The number of ether oxygens (including phenoxy) is 2. The third kappa shape index (κ3) is 5.89. The first kappa shape index (κ1) is 23.2. The van der Waals surface area contributed by atoms with E-state index in [0.717, 1.165) is 32.9 Å². The van der Waals surface area contributed by atoms with Crippen LogP contribution in [0.3, 0.4) is 0 Å². The summed E-state index contributed by atoms with van der Waals surface area (Å²) in [6, 6.07) is 14.4. The highest BCUT2D eigenvalue weighted by Gasteiger charge is 2.25. The van der Waals surface area contributed by atoms with Crippen LogP contribution >= 0.6 is 11.3 Å². The van der Waals surface area contributed by atoms with Crippen molar-refractivity contribution in [1.82, 2.24) is 0 Å². The molecule has 2 aromatic carbocycles. The Morgan fingerprint density at radius 2 is 2.03 bits per heavy atom. The van der Waals surface area contributed by atoms with E-state index in [1.54, 1.807) is 23.5 Å². The van der Waals surface area contributed by atoms with Crippen molar-refractivity contribution in [3.63, 3.8) is 0 Å². The summed E-state index contributed by atoms with van der Waals surface area (Å²) >= 11 is 1.64. The minimum absolute atomic E-state index is 0.0265. The molecule has 0 radical (unpaired) electrons. The number of hydrogen-bond donors (Lipinski definition) is 1. The summed E-state index contributed by atoms with van der Waals surface area (Å²) in [5.74, 6) is 0.230. The fourth-order valence-electron chi connectivity index (χ4n) is 3.94. The number of halogens is 1. The molecule has 1 aromatic heterocycles. The van der Waals surface area contributed by atoms with Gasteiger partial charge in [0.1, 0.15) is 24.3 Å². The minimum Gasteiger partial charge on any atom is -0.488 e. The summed E-state index contributed by atoms with van der Waals surface area (Å²) in [6.07, 6.45) is 2.96. The van der Waals surface area contributed by atoms with Gasteiger partial charge in [0, 0.05) is 11.3 Å². The molecule has 1 aliphatic rings. The van der Waals surface area contributed by atoms with Crippen LogP contribution in [0.5, 0.6) is 5.75 Å². The molecule has 3 aromatic rings. The average Bonchev–Trinajstić information content (AvgIpc) is 3.29. The largest absolute Gasteiger partial charge is 0.488 e. The van der Waals surface area contributed by atoms with E-state index >= 15 is 0 Å². The predicted octanol–water partition coefficient (Wildman–Crippen LogP) is 6.34. The summed E-state index contributed by atoms with van der Waals surface area (Å²) in [4.78, 5) is 12.9. The number of hydrogen-bond acceptors (Lipinski definition) is 5. The second-order valence-electron chi connectivity index (χ2n) is 8.48. The number of carbonyl (C=O) groups excluding carboxylic acids is 1. The Bertz CT molecular complexity index is 1120. The number of aliphatic hydroxyl groups excluding tert-OH is 1. The zero-order chi connectivity index (χ0) is 23.4. The van der Waals surface area contributed by atoms with Crippen molar-refractivity contribution in [2.75, 3.05) is 0 Å². The van der Waals surface area contributed by atoms with Crippen LogP contribution in [0.25, 0.3) is 17.2 Å². The van der Waals surface area contributed by atoms with E-state index in [0.29, 0.717) is 13.0 Å². The van der Waals surface area contributed by atoms with E-state index in [1.165, 1.54) is 12.1 Å². The maximum absolute atomic E-state index is 13.6. The zero-order valence-electron chi connectivity index (χ0n) is 18.7. The van der Waals surface area contributed by atoms with Gasteiger partial charge in [0.05, 0.1) is 12.5 Å². The second-order valence-corrected chi connectivity index (χ2v) is 9.52. The molecule has 0 bridgehead atoms. The van der Waals surface area contributed by atoms with Crippen LogP contribution in [0.15, 0.2) is 60.0 Å². The molecular weight excluding hydrogens is 439 g/mol. The molecule has 6 heteroatoms. The average molecular weight is 467 g/mol. The van der Waals surface area contributed by atoms with E-state index < -0.39 is 18.2 Å². The lowest BCUT2D eigenvalue weighted by molar-refractivity contribution is -0.156. The molecule has 0 unspecified atom stereocenters. The topological polar surface area (TPSA) is 55.8 Å². The fourth-order valence-corrected chi connectivity index (χ4v) is 4.56. The molecule has 2 atom stereocenters. The zero-order valence-corrected chi connectivity index (χ0v) is 19.5. The van der Waals surface area contributed by atoms with Crippen molar-refractivity contribution >= 4 is 23.4 Å². The van der Waals surface area contributed by atoms with Gasteiger partial charge >= 0.3 is 5.97 Å². The Hall–Kier alpha value is -2.96. The van der Waals surface area contributed by atoms with Gasteiger partial charge in [-0.1, -0.05) is 38.1 Å². The van der Waals surface area contributed by atoms with Gasteiger partial charge in [-0.25, -0.2) is 4.39 Å². The third-order valence-electron chi connectivity index (χ3n) is 5.59. The third-order valence-corrected chi connectivity index (χ3v) is 6.44. The van der Waals surface area contributed by atoms with Crippen molar-refractivity contribution in [2.24, 2.45) is 0 Å². The van der Waals surface area contributed by atoms with Gasteiger partial charge < -0.3 is 14.6 Å². The molecule has 33 heavy (non-hydrogen) atoms. The summed E-state index contributed by atoms with van der Waals surface area (Å²) in [5, 5.41) is 12.0. The minimum atomic E-state index is -0.699. The number of rotatable bonds is 7. The van der Waals surface area contributed by atoms with Gasteiger partial charge in [-0.2, -0.15) is 0 Å². The number of esters is 1. The highest BCUT2D eigenvalue weighted by atomic mass is 32.1. The number of benzene rings is 2. The van der Waals surface area contributed by atoms with Crippen LogP contribution in [0.4, 0.5) is 4.39 Å². The molecule has 0 amide bonds. The predicted molar refractivity (Wildman–Crippen MR) is 129 cm³/mol. The van der Waals surface area contributed by atoms with Gasteiger partial charge in [-0.3, -0.25) is 4.79 Å². The number of aliphatic hydroxyl groups is 1. The van der Waals surface area contributed by atoms with Crippen molar-refractivity contribution in [1.29, 1.82) is 0 Å². The van der Waals surface area contributed by atoms with Gasteiger partial charge in [-0.05, 0) is 70.0 Å². The summed E-state index contributed by atoms with van der Waals surface area (Å²) in [5.41, 5.74) is 3.79. The first-order chi connectivity index (χ1) is 15.9. The summed E-state index contributed by atoms with van der Waals surface area (Å²) < 4.78 is 25.1. The van der Waals surface area contributed by atoms with Gasteiger partial charge in [0.15, 0.2) is 0 Å². The maximum atomic E-state index is 13.6. The van der Waals surface area contributed by atoms with Crippen molar-refractivity contribution < 1.29 is 23.8 Å². The molecule has 0 aliphatic carbocycles. The fraction of sp³-hybridized carbons (Fsp3) is 0.296. The lowest BCUT2D eigenvalue weighted by Crippen LogP contribution is -2.31. The van der Waals surface area contributed by atoms with E-state index in [1.807, 2.05) is 41.8 Å². The van der Waals surface area contributed by atoms with Gasteiger partial charge in [0.25, 0.3) is 0 Å². The first-order valence-electron chi connectivity index (χ1n) is 11.0. The Kier molecular flexibility index (Phi) is 7.26. The van der Waals surface area contributed by atoms with E-state index in [-0.39, 0.29) is 18.2 Å². The second kappa shape index (κ2) is 10.3. The Balaban J connectivity index is 1.74. The Labute approximate surface area is 197 Å². The lowest BCUT2D eigenvalue weighted by atomic mass is 9.89. The molecule has 4 nitrogen and oxygen atoms in total. The Morgan fingerprint density at radius 1 is 1.24 bits per heavy atom. The first-order valence-corrected chi connectivity index (χ1v) is 11.9. The number of cyclic esters (lactones) is 1. The van der Waals surface area contributed by atoms with Gasteiger partial charge in [-0.15, -0.1) is 11.3 Å². The maximum Gasteiger partial charge on any atom is 0.309 e. The molecule has 4 rings (SSSR count). The van der Waals surface area contributed by atoms with Crippen LogP contribution in [-0.2, 0) is 16.1 Å². The van der Waals surface area contributed by atoms with E-state index in [4.69, 9.17) is 9.47 Å². The smallest absolute Gasteiger partial charge is 0.309 e. The molecule has 172 valence electrons. The van der Waals surface area contributed by atoms with Crippen molar-refractivity contribution in [2.45, 2.75) is 51.4 Å². The summed E-state index contributed by atoms with van der Waals surface area (Å²) in [7, 11) is 0.